The maximum absolute atomic E-state index is 4.47. The lowest BCUT2D eigenvalue weighted by Gasteiger charge is -2.16. The van der Waals surface area contributed by atoms with Crippen molar-refractivity contribution < 1.29 is 0 Å². The van der Waals surface area contributed by atoms with Crippen LogP contribution in [0.1, 0.15) is 17.7 Å². The fourth-order valence-corrected chi connectivity index (χ4v) is 3.63. The van der Waals surface area contributed by atoms with Gasteiger partial charge in [-0.15, -0.1) is 0 Å². The van der Waals surface area contributed by atoms with Crippen LogP contribution in [0.2, 0.25) is 0 Å². The molecule has 0 saturated carbocycles. The minimum Gasteiger partial charge on any atom is -0.337 e. The quantitative estimate of drug-likeness (QED) is 0.743. The SMILES string of the molecule is Cn1cncc1CN1CC[C@H](Cc2ccnc3ccccc23)C1. The van der Waals surface area contributed by atoms with Crippen LogP contribution in [0.3, 0.4) is 0 Å². The molecular weight excluding hydrogens is 284 g/mol. The van der Waals surface area contributed by atoms with E-state index in [1.807, 2.05) is 18.7 Å². The van der Waals surface area contributed by atoms with E-state index in [1.165, 1.54) is 36.2 Å². The lowest BCUT2D eigenvalue weighted by Crippen LogP contribution is -2.21. The van der Waals surface area contributed by atoms with E-state index in [2.05, 4.69) is 56.8 Å². The van der Waals surface area contributed by atoms with E-state index in [-0.39, 0.29) is 0 Å². The van der Waals surface area contributed by atoms with Gasteiger partial charge >= 0.3 is 0 Å². The predicted octanol–water partition coefficient (Wildman–Crippen LogP) is 3.03. The zero-order chi connectivity index (χ0) is 15.6. The Balaban J connectivity index is 1.45. The number of para-hydroxylation sites is 1. The van der Waals surface area contributed by atoms with E-state index < -0.39 is 0 Å². The molecule has 4 rings (SSSR count). The molecule has 0 spiro atoms. The molecule has 0 radical (unpaired) electrons. The molecule has 0 aliphatic carbocycles. The third-order valence-corrected chi connectivity index (χ3v) is 4.92. The summed E-state index contributed by atoms with van der Waals surface area (Å²) in [7, 11) is 2.07. The molecule has 1 aliphatic heterocycles. The van der Waals surface area contributed by atoms with Crippen LogP contribution in [0, 0.1) is 5.92 Å². The zero-order valence-electron chi connectivity index (χ0n) is 13.5. The molecule has 118 valence electrons. The summed E-state index contributed by atoms with van der Waals surface area (Å²) in [6.07, 6.45) is 8.22. The minimum absolute atomic E-state index is 0.731. The van der Waals surface area contributed by atoms with E-state index in [0.29, 0.717) is 0 Å². The lowest BCUT2D eigenvalue weighted by atomic mass is 9.96. The predicted molar refractivity (Wildman–Crippen MR) is 92.0 cm³/mol. The van der Waals surface area contributed by atoms with Crippen LogP contribution in [0.15, 0.2) is 49.1 Å². The van der Waals surface area contributed by atoms with Gasteiger partial charge in [0.1, 0.15) is 0 Å². The van der Waals surface area contributed by atoms with Crippen molar-refractivity contribution in [1.82, 2.24) is 19.4 Å². The molecule has 0 amide bonds. The van der Waals surface area contributed by atoms with Crippen molar-refractivity contribution in [2.45, 2.75) is 19.4 Å². The van der Waals surface area contributed by atoms with Crippen LogP contribution in [-0.2, 0) is 20.0 Å². The number of aryl methyl sites for hydroxylation is 1. The first-order valence-corrected chi connectivity index (χ1v) is 8.30. The van der Waals surface area contributed by atoms with E-state index in [9.17, 15) is 0 Å². The smallest absolute Gasteiger partial charge is 0.0945 e. The number of likely N-dealkylation sites (tertiary alicyclic amines) is 1. The van der Waals surface area contributed by atoms with Gasteiger partial charge in [-0.3, -0.25) is 9.88 Å². The van der Waals surface area contributed by atoms with Crippen LogP contribution in [0.25, 0.3) is 10.9 Å². The first-order valence-electron chi connectivity index (χ1n) is 8.30. The van der Waals surface area contributed by atoms with Gasteiger partial charge in [-0.2, -0.15) is 0 Å². The van der Waals surface area contributed by atoms with Crippen molar-refractivity contribution in [1.29, 1.82) is 0 Å². The van der Waals surface area contributed by atoms with Gasteiger partial charge in [0.2, 0.25) is 0 Å². The maximum atomic E-state index is 4.47. The molecule has 1 saturated heterocycles. The number of nitrogens with zero attached hydrogens (tertiary/aromatic N) is 4. The molecule has 1 atom stereocenters. The Morgan fingerprint density at radius 3 is 3.00 bits per heavy atom. The lowest BCUT2D eigenvalue weighted by molar-refractivity contribution is 0.309. The molecule has 2 aromatic heterocycles. The molecule has 3 aromatic rings. The van der Waals surface area contributed by atoms with Crippen molar-refractivity contribution in [2.24, 2.45) is 13.0 Å². The highest BCUT2D eigenvalue weighted by Crippen LogP contribution is 2.25. The van der Waals surface area contributed by atoms with E-state index >= 15 is 0 Å². The highest BCUT2D eigenvalue weighted by atomic mass is 15.2. The molecule has 1 fully saturated rings. The van der Waals surface area contributed by atoms with Gasteiger partial charge in [0.25, 0.3) is 0 Å². The fraction of sp³-hybridized carbons (Fsp3) is 0.368. The third kappa shape index (κ3) is 2.99. The second kappa shape index (κ2) is 6.13. The maximum Gasteiger partial charge on any atom is 0.0945 e. The fourth-order valence-electron chi connectivity index (χ4n) is 3.63. The Bertz CT molecular complexity index is 802. The van der Waals surface area contributed by atoms with Crippen molar-refractivity contribution >= 4 is 10.9 Å². The second-order valence-corrected chi connectivity index (χ2v) is 6.58. The van der Waals surface area contributed by atoms with Crippen molar-refractivity contribution in [3.63, 3.8) is 0 Å². The molecule has 0 unspecified atom stereocenters. The zero-order valence-corrected chi connectivity index (χ0v) is 13.5. The normalized spacial score (nSPS) is 18.7. The Kier molecular flexibility index (Phi) is 3.83. The third-order valence-electron chi connectivity index (χ3n) is 4.92. The summed E-state index contributed by atoms with van der Waals surface area (Å²) in [6.45, 7) is 3.35. The molecule has 1 aromatic carbocycles. The van der Waals surface area contributed by atoms with Gasteiger partial charge in [0.05, 0.1) is 17.5 Å². The molecule has 0 bridgehead atoms. The summed E-state index contributed by atoms with van der Waals surface area (Å²) in [5.74, 6) is 0.731. The number of hydrogen-bond acceptors (Lipinski definition) is 3. The number of imidazole rings is 1. The summed E-state index contributed by atoms with van der Waals surface area (Å²) >= 11 is 0. The number of pyridine rings is 1. The minimum atomic E-state index is 0.731. The first kappa shape index (κ1) is 14.4. The number of hydrogen-bond donors (Lipinski definition) is 0. The number of benzene rings is 1. The molecule has 1 aliphatic rings. The molecule has 23 heavy (non-hydrogen) atoms. The summed E-state index contributed by atoms with van der Waals surface area (Å²) in [6, 6.07) is 10.6. The molecule has 3 heterocycles. The topological polar surface area (TPSA) is 34.0 Å². The Hall–Kier alpha value is -2.20. The Labute approximate surface area is 136 Å². The number of fused-ring (bicyclic) bond motifs is 1. The summed E-state index contributed by atoms with van der Waals surface area (Å²) in [4.78, 5) is 11.2. The van der Waals surface area contributed by atoms with Crippen molar-refractivity contribution in [3.05, 3.63) is 60.3 Å². The van der Waals surface area contributed by atoms with Gasteiger partial charge in [-0.1, -0.05) is 18.2 Å². The summed E-state index contributed by atoms with van der Waals surface area (Å²) < 4.78 is 2.11. The highest BCUT2D eigenvalue weighted by Gasteiger charge is 2.23. The Morgan fingerprint density at radius 1 is 1.22 bits per heavy atom. The van der Waals surface area contributed by atoms with Gasteiger partial charge < -0.3 is 4.57 Å². The first-order chi connectivity index (χ1) is 11.3. The van der Waals surface area contributed by atoms with E-state index in [4.69, 9.17) is 0 Å². The molecular formula is C19H22N4. The van der Waals surface area contributed by atoms with Crippen LogP contribution in [0.4, 0.5) is 0 Å². The standard InChI is InChI=1S/C19H22N4/c1-22-14-20-11-17(22)13-23-9-7-15(12-23)10-16-6-8-21-19-5-3-2-4-18(16)19/h2-6,8,11,14-15H,7,9-10,12-13H2,1H3/t15-/m1/s1. The summed E-state index contributed by atoms with van der Waals surface area (Å²) in [5.41, 5.74) is 3.83. The second-order valence-electron chi connectivity index (χ2n) is 6.58. The van der Waals surface area contributed by atoms with Crippen LogP contribution >= 0.6 is 0 Å². The molecule has 0 N–H and O–H groups in total. The number of rotatable bonds is 4. The monoisotopic (exact) mass is 306 g/mol. The van der Waals surface area contributed by atoms with E-state index in [1.54, 1.807) is 0 Å². The molecule has 4 nitrogen and oxygen atoms in total. The van der Waals surface area contributed by atoms with Gasteiger partial charge in [0, 0.05) is 37.9 Å². The van der Waals surface area contributed by atoms with Gasteiger partial charge in [-0.05, 0) is 43.0 Å². The van der Waals surface area contributed by atoms with Gasteiger partial charge in [-0.25, -0.2) is 4.98 Å². The van der Waals surface area contributed by atoms with Crippen LogP contribution in [0.5, 0.6) is 0 Å². The Morgan fingerprint density at radius 2 is 2.13 bits per heavy atom. The molecule has 4 heteroatoms. The van der Waals surface area contributed by atoms with Crippen LogP contribution in [-0.4, -0.2) is 32.5 Å². The van der Waals surface area contributed by atoms with Crippen LogP contribution < -0.4 is 0 Å². The van der Waals surface area contributed by atoms with Crippen molar-refractivity contribution in [3.8, 4) is 0 Å². The highest BCUT2D eigenvalue weighted by molar-refractivity contribution is 5.81. The van der Waals surface area contributed by atoms with Crippen molar-refractivity contribution in [2.75, 3.05) is 13.1 Å². The van der Waals surface area contributed by atoms with E-state index in [0.717, 1.165) is 24.4 Å². The average molecular weight is 306 g/mol. The summed E-state index contributed by atoms with van der Waals surface area (Å²) in [5, 5.41) is 1.31. The largest absolute Gasteiger partial charge is 0.337 e. The van der Waals surface area contributed by atoms with Gasteiger partial charge in [0.15, 0.2) is 0 Å². The average Bonchev–Trinajstić information content (AvgIpc) is 3.18. The number of aromatic nitrogens is 3.